The predicted molar refractivity (Wildman–Crippen MR) is 78.7 cm³/mol. The van der Waals surface area contributed by atoms with Crippen molar-refractivity contribution < 1.29 is 9.47 Å². The molecule has 0 unspecified atom stereocenters. The Bertz CT molecular complexity index is 392. The molecule has 20 heavy (non-hydrogen) atoms. The molecule has 0 saturated carbocycles. The van der Waals surface area contributed by atoms with Crippen molar-refractivity contribution in [3.63, 3.8) is 0 Å². The van der Waals surface area contributed by atoms with E-state index in [0.29, 0.717) is 19.8 Å². The van der Waals surface area contributed by atoms with E-state index in [-0.39, 0.29) is 0 Å². The first-order valence-corrected chi connectivity index (χ1v) is 6.76. The van der Waals surface area contributed by atoms with E-state index in [1.807, 2.05) is 17.8 Å². The topological polar surface area (TPSA) is 72.7 Å². The molecule has 0 spiro atoms. The molecule has 1 heterocycles. The zero-order valence-corrected chi connectivity index (χ0v) is 12.6. The van der Waals surface area contributed by atoms with E-state index < -0.39 is 0 Å². The average molecular weight is 283 g/mol. The summed E-state index contributed by atoms with van der Waals surface area (Å²) in [6.07, 6.45) is 2.71. The highest BCUT2D eigenvalue weighted by molar-refractivity contribution is 5.79. The summed E-state index contributed by atoms with van der Waals surface area (Å²) in [5.74, 6) is 0.781. The SMILES string of the molecule is CN=C(NCCCOCCOC)NCc1ccnn1C. The summed E-state index contributed by atoms with van der Waals surface area (Å²) < 4.78 is 12.1. The van der Waals surface area contributed by atoms with E-state index in [4.69, 9.17) is 9.47 Å². The summed E-state index contributed by atoms with van der Waals surface area (Å²) in [6.45, 7) is 3.51. The van der Waals surface area contributed by atoms with Crippen molar-refractivity contribution >= 4 is 5.96 Å². The van der Waals surface area contributed by atoms with Crippen LogP contribution in [0.1, 0.15) is 12.1 Å². The first kappa shape index (κ1) is 16.5. The lowest BCUT2D eigenvalue weighted by Crippen LogP contribution is -2.38. The van der Waals surface area contributed by atoms with Gasteiger partial charge in [-0.1, -0.05) is 0 Å². The molecule has 7 nitrogen and oxygen atoms in total. The predicted octanol–water partition coefficient (Wildman–Crippen LogP) is 0.138. The molecule has 0 saturated heterocycles. The van der Waals surface area contributed by atoms with Crippen molar-refractivity contribution in [3.05, 3.63) is 18.0 Å². The summed E-state index contributed by atoms with van der Waals surface area (Å²) >= 11 is 0. The summed E-state index contributed by atoms with van der Waals surface area (Å²) in [7, 11) is 5.35. The lowest BCUT2D eigenvalue weighted by Gasteiger charge is -2.12. The molecule has 0 aliphatic carbocycles. The normalized spacial score (nSPS) is 11.7. The number of aliphatic imine (C=N–C) groups is 1. The number of nitrogens with one attached hydrogen (secondary N) is 2. The maximum Gasteiger partial charge on any atom is 0.191 e. The van der Waals surface area contributed by atoms with Gasteiger partial charge in [0.15, 0.2) is 5.96 Å². The van der Waals surface area contributed by atoms with Crippen LogP contribution in [0.2, 0.25) is 0 Å². The third kappa shape index (κ3) is 6.53. The molecule has 0 aliphatic heterocycles. The van der Waals surface area contributed by atoms with Gasteiger partial charge in [-0.25, -0.2) is 0 Å². The van der Waals surface area contributed by atoms with Crippen molar-refractivity contribution in [2.24, 2.45) is 12.0 Å². The second-order valence-electron chi connectivity index (χ2n) is 4.26. The van der Waals surface area contributed by atoms with E-state index >= 15 is 0 Å². The van der Waals surface area contributed by atoms with Crippen LogP contribution in [0.3, 0.4) is 0 Å². The van der Waals surface area contributed by atoms with Crippen LogP contribution in [0, 0.1) is 0 Å². The lowest BCUT2D eigenvalue weighted by molar-refractivity contribution is 0.0698. The van der Waals surface area contributed by atoms with E-state index in [1.165, 1.54) is 0 Å². The fraction of sp³-hybridized carbons (Fsp3) is 0.692. The molecular formula is C13H25N5O2. The molecule has 0 bridgehead atoms. The number of methoxy groups -OCH3 is 1. The van der Waals surface area contributed by atoms with E-state index in [0.717, 1.165) is 31.2 Å². The molecule has 0 aromatic carbocycles. The Hall–Kier alpha value is -1.60. The van der Waals surface area contributed by atoms with Crippen molar-refractivity contribution in [2.45, 2.75) is 13.0 Å². The van der Waals surface area contributed by atoms with Crippen LogP contribution >= 0.6 is 0 Å². The van der Waals surface area contributed by atoms with Crippen LogP contribution in [0.5, 0.6) is 0 Å². The van der Waals surface area contributed by atoms with Gasteiger partial charge in [-0.05, 0) is 12.5 Å². The fourth-order valence-electron chi connectivity index (χ4n) is 1.59. The summed E-state index contributed by atoms with van der Waals surface area (Å²) in [5.41, 5.74) is 1.11. The van der Waals surface area contributed by atoms with E-state index in [9.17, 15) is 0 Å². The molecule has 1 aromatic rings. The third-order valence-corrected chi connectivity index (χ3v) is 2.77. The van der Waals surface area contributed by atoms with Crippen molar-refractivity contribution in [1.29, 1.82) is 0 Å². The number of ether oxygens (including phenoxy) is 2. The Morgan fingerprint density at radius 1 is 1.35 bits per heavy atom. The molecule has 114 valence electrons. The molecule has 2 N–H and O–H groups in total. The Kier molecular flexibility index (Phi) is 8.41. The van der Waals surface area contributed by atoms with E-state index in [2.05, 4.69) is 20.7 Å². The number of aryl methyl sites for hydroxylation is 1. The van der Waals surface area contributed by atoms with Gasteiger partial charge in [-0.15, -0.1) is 0 Å². The van der Waals surface area contributed by atoms with Crippen LogP contribution in [0.4, 0.5) is 0 Å². The van der Waals surface area contributed by atoms with E-state index in [1.54, 1.807) is 20.4 Å². The van der Waals surface area contributed by atoms with Gasteiger partial charge in [-0.3, -0.25) is 9.67 Å². The number of guanidine groups is 1. The zero-order chi connectivity index (χ0) is 14.6. The van der Waals surface area contributed by atoms with Crippen LogP contribution < -0.4 is 10.6 Å². The second-order valence-corrected chi connectivity index (χ2v) is 4.26. The van der Waals surface area contributed by atoms with Gasteiger partial charge in [0.2, 0.25) is 0 Å². The number of nitrogens with zero attached hydrogens (tertiary/aromatic N) is 3. The van der Waals surface area contributed by atoms with Gasteiger partial charge in [0.25, 0.3) is 0 Å². The minimum atomic E-state index is 0.640. The van der Waals surface area contributed by atoms with Crippen LogP contribution in [-0.4, -0.2) is 56.3 Å². The van der Waals surface area contributed by atoms with Gasteiger partial charge < -0.3 is 20.1 Å². The third-order valence-electron chi connectivity index (χ3n) is 2.77. The van der Waals surface area contributed by atoms with Crippen LogP contribution in [-0.2, 0) is 23.1 Å². The quantitative estimate of drug-likeness (QED) is 0.383. The Labute approximate surface area is 120 Å². The second kappa shape index (κ2) is 10.2. The minimum absolute atomic E-state index is 0.640. The first-order chi connectivity index (χ1) is 9.77. The zero-order valence-electron chi connectivity index (χ0n) is 12.6. The first-order valence-electron chi connectivity index (χ1n) is 6.76. The Morgan fingerprint density at radius 3 is 2.85 bits per heavy atom. The standard InChI is InChI=1S/C13H25N5O2/c1-14-13(15-6-4-8-20-10-9-19-3)16-11-12-5-7-17-18(12)2/h5,7H,4,6,8-11H2,1-3H3,(H2,14,15,16). The molecule has 0 fully saturated rings. The number of aromatic nitrogens is 2. The van der Waals surface area contributed by atoms with Gasteiger partial charge >= 0.3 is 0 Å². The van der Waals surface area contributed by atoms with Crippen LogP contribution in [0.15, 0.2) is 17.3 Å². The van der Waals surface area contributed by atoms with Crippen molar-refractivity contribution in [1.82, 2.24) is 20.4 Å². The highest BCUT2D eigenvalue weighted by Gasteiger charge is 2.00. The number of hydrogen-bond donors (Lipinski definition) is 2. The van der Waals surface area contributed by atoms with Gasteiger partial charge in [-0.2, -0.15) is 5.10 Å². The van der Waals surface area contributed by atoms with Crippen molar-refractivity contribution in [3.8, 4) is 0 Å². The minimum Gasteiger partial charge on any atom is -0.382 e. The highest BCUT2D eigenvalue weighted by atomic mass is 16.5. The van der Waals surface area contributed by atoms with Crippen molar-refractivity contribution in [2.75, 3.05) is 40.5 Å². The molecule has 0 atom stereocenters. The molecule has 7 heteroatoms. The fourth-order valence-corrected chi connectivity index (χ4v) is 1.59. The molecule has 1 rings (SSSR count). The molecule has 0 amide bonds. The number of hydrogen-bond acceptors (Lipinski definition) is 4. The maximum absolute atomic E-state index is 5.39. The maximum atomic E-state index is 5.39. The summed E-state index contributed by atoms with van der Waals surface area (Å²) in [5, 5.41) is 10.6. The average Bonchev–Trinajstić information content (AvgIpc) is 2.86. The Morgan fingerprint density at radius 2 is 2.20 bits per heavy atom. The smallest absolute Gasteiger partial charge is 0.191 e. The lowest BCUT2D eigenvalue weighted by atomic mass is 10.4. The summed E-state index contributed by atoms with van der Waals surface area (Å²) in [4.78, 5) is 4.17. The largest absolute Gasteiger partial charge is 0.382 e. The monoisotopic (exact) mass is 283 g/mol. The Balaban J connectivity index is 2.10. The molecule has 0 radical (unpaired) electrons. The van der Waals surface area contributed by atoms with Gasteiger partial charge in [0, 0.05) is 40.6 Å². The molecular weight excluding hydrogens is 258 g/mol. The number of rotatable bonds is 9. The molecule has 0 aliphatic rings. The van der Waals surface area contributed by atoms with Crippen LogP contribution in [0.25, 0.3) is 0 Å². The molecule has 1 aromatic heterocycles. The van der Waals surface area contributed by atoms with Gasteiger partial charge in [0.1, 0.15) is 0 Å². The van der Waals surface area contributed by atoms with Gasteiger partial charge in [0.05, 0.1) is 25.5 Å². The highest BCUT2D eigenvalue weighted by Crippen LogP contribution is 1.94. The summed E-state index contributed by atoms with van der Waals surface area (Å²) in [6, 6.07) is 1.98.